The maximum Gasteiger partial charge on any atom is 0.228 e. The van der Waals surface area contributed by atoms with E-state index >= 15 is 0 Å². The molecule has 0 spiro atoms. The predicted molar refractivity (Wildman–Crippen MR) is 80.9 cm³/mol. The molecular weight excluding hydrogens is 266 g/mol. The molecule has 21 heavy (non-hydrogen) atoms. The number of nitrogens with one attached hydrogen (secondary N) is 1. The fourth-order valence-corrected chi connectivity index (χ4v) is 1.93. The van der Waals surface area contributed by atoms with E-state index in [0.717, 1.165) is 5.56 Å². The summed E-state index contributed by atoms with van der Waals surface area (Å²) >= 11 is 0. The van der Waals surface area contributed by atoms with Gasteiger partial charge in [-0.25, -0.2) is 0 Å². The van der Waals surface area contributed by atoms with Crippen LogP contribution in [-0.2, 0) is 11.2 Å². The molecule has 1 amide bonds. The third kappa shape index (κ3) is 3.51. The van der Waals surface area contributed by atoms with Crippen LogP contribution in [0.5, 0.6) is 5.75 Å². The van der Waals surface area contributed by atoms with Gasteiger partial charge in [-0.05, 0) is 29.8 Å². The van der Waals surface area contributed by atoms with Gasteiger partial charge in [0.2, 0.25) is 5.91 Å². The number of rotatable bonds is 4. The van der Waals surface area contributed by atoms with Crippen LogP contribution in [0.1, 0.15) is 11.1 Å². The van der Waals surface area contributed by atoms with Crippen LogP contribution >= 0.6 is 0 Å². The lowest BCUT2D eigenvalue weighted by atomic mass is 10.1. The van der Waals surface area contributed by atoms with Gasteiger partial charge < -0.3 is 15.8 Å². The van der Waals surface area contributed by atoms with E-state index in [9.17, 15) is 4.79 Å². The molecule has 0 aromatic heterocycles. The number of ether oxygens (including phenoxy) is 1. The Labute approximate surface area is 123 Å². The van der Waals surface area contributed by atoms with E-state index in [4.69, 9.17) is 15.7 Å². The molecule has 0 aliphatic carbocycles. The van der Waals surface area contributed by atoms with Crippen molar-refractivity contribution in [3.8, 4) is 11.8 Å². The van der Waals surface area contributed by atoms with E-state index in [0.29, 0.717) is 22.7 Å². The second-order valence-electron chi connectivity index (χ2n) is 4.46. The van der Waals surface area contributed by atoms with E-state index < -0.39 is 0 Å². The van der Waals surface area contributed by atoms with E-state index in [-0.39, 0.29) is 12.3 Å². The minimum absolute atomic E-state index is 0.198. The molecule has 0 heterocycles. The van der Waals surface area contributed by atoms with Gasteiger partial charge in [0.1, 0.15) is 17.5 Å². The van der Waals surface area contributed by atoms with Crippen LogP contribution in [0.2, 0.25) is 0 Å². The van der Waals surface area contributed by atoms with Crippen molar-refractivity contribution < 1.29 is 9.53 Å². The highest BCUT2D eigenvalue weighted by atomic mass is 16.5. The van der Waals surface area contributed by atoms with Gasteiger partial charge >= 0.3 is 0 Å². The molecule has 0 bridgehead atoms. The fraction of sp³-hybridized carbons (Fsp3) is 0.125. The van der Waals surface area contributed by atoms with Gasteiger partial charge in [0.15, 0.2) is 0 Å². The summed E-state index contributed by atoms with van der Waals surface area (Å²) in [6.07, 6.45) is 0.198. The Morgan fingerprint density at radius 1 is 1.29 bits per heavy atom. The zero-order valence-corrected chi connectivity index (χ0v) is 11.6. The average Bonchev–Trinajstić information content (AvgIpc) is 2.49. The summed E-state index contributed by atoms with van der Waals surface area (Å²) in [6, 6.07) is 14.1. The van der Waals surface area contributed by atoms with Gasteiger partial charge in [-0.15, -0.1) is 0 Å². The molecule has 5 nitrogen and oxygen atoms in total. The predicted octanol–water partition coefficient (Wildman–Crippen LogP) is 2.33. The normalized spacial score (nSPS) is 9.71. The minimum atomic E-state index is -0.222. The number of nitriles is 1. The Morgan fingerprint density at radius 2 is 2.00 bits per heavy atom. The summed E-state index contributed by atoms with van der Waals surface area (Å²) in [5.41, 5.74) is 7.85. The first-order valence-electron chi connectivity index (χ1n) is 6.35. The first-order chi connectivity index (χ1) is 10.1. The number of carbonyl (C=O) groups is 1. The molecule has 2 aromatic rings. The van der Waals surface area contributed by atoms with Crippen LogP contribution < -0.4 is 15.8 Å². The van der Waals surface area contributed by atoms with Crippen LogP contribution in [0.4, 0.5) is 11.4 Å². The molecule has 0 aliphatic heterocycles. The maximum atomic E-state index is 12.1. The number of amides is 1. The van der Waals surface area contributed by atoms with Gasteiger partial charge in [0, 0.05) is 5.69 Å². The number of anilines is 2. The third-order valence-electron chi connectivity index (χ3n) is 2.98. The number of carbonyl (C=O) groups excluding carboxylic acids is 1. The number of hydrogen-bond donors (Lipinski definition) is 2. The minimum Gasteiger partial charge on any atom is -0.495 e. The summed E-state index contributed by atoms with van der Waals surface area (Å²) in [6.45, 7) is 0. The molecule has 0 saturated heterocycles. The highest BCUT2D eigenvalue weighted by Crippen LogP contribution is 2.27. The lowest BCUT2D eigenvalue weighted by molar-refractivity contribution is -0.115. The van der Waals surface area contributed by atoms with Crippen molar-refractivity contribution in [3.05, 3.63) is 53.6 Å². The van der Waals surface area contributed by atoms with Crippen molar-refractivity contribution in [1.82, 2.24) is 0 Å². The summed E-state index contributed by atoms with van der Waals surface area (Å²) in [5.74, 6) is 0.237. The van der Waals surface area contributed by atoms with Crippen molar-refractivity contribution in [2.24, 2.45) is 0 Å². The quantitative estimate of drug-likeness (QED) is 0.842. The second-order valence-corrected chi connectivity index (χ2v) is 4.46. The summed E-state index contributed by atoms with van der Waals surface area (Å²) < 4.78 is 5.17. The molecule has 0 radical (unpaired) electrons. The zero-order valence-electron chi connectivity index (χ0n) is 11.6. The van der Waals surface area contributed by atoms with Gasteiger partial charge in [0.25, 0.3) is 0 Å². The third-order valence-corrected chi connectivity index (χ3v) is 2.98. The van der Waals surface area contributed by atoms with Crippen LogP contribution in [0.3, 0.4) is 0 Å². The van der Waals surface area contributed by atoms with Crippen LogP contribution in [0.25, 0.3) is 0 Å². The Kier molecular flexibility index (Phi) is 4.42. The lowest BCUT2D eigenvalue weighted by Gasteiger charge is -2.11. The van der Waals surface area contributed by atoms with E-state index in [2.05, 4.69) is 5.32 Å². The van der Waals surface area contributed by atoms with Gasteiger partial charge in [-0.1, -0.05) is 18.2 Å². The number of methoxy groups -OCH3 is 1. The highest BCUT2D eigenvalue weighted by molar-refractivity contribution is 5.95. The standard InChI is InChI=1S/C16H15N3O2/c1-21-14-4-2-3-12(10-17)16(14)19-15(20)9-11-5-7-13(18)8-6-11/h2-8H,9,18H2,1H3,(H,19,20). The highest BCUT2D eigenvalue weighted by Gasteiger charge is 2.12. The molecule has 0 saturated carbocycles. The van der Waals surface area contributed by atoms with Gasteiger partial charge in [0.05, 0.1) is 19.1 Å². The molecule has 0 unspecified atom stereocenters. The Hall–Kier alpha value is -3.00. The summed E-state index contributed by atoms with van der Waals surface area (Å²) in [7, 11) is 1.49. The van der Waals surface area contributed by atoms with Crippen molar-refractivity contribution in [2.45, 2.75) is 6.42 Å². The number of benzene rings is 2. The second kappa shape index (κ2) is 6.44. The van der Waals surface area contributed by atoms with Gasteiger partial charge in [-0.2, -0.15) is 5.26 Å². The molecule has 3 N–H and O–H groups in total. The smallest absolute Gasteiger partial charge is 0.228 e. The van der Waals surface area contributed by atoms with Crippen LogP contribution in [0.15, 0.2) is 42.5 Å². The topological polar surface area (TPSA) is 88.1 Å². The molecule has 0 atom stereocenters. The molecule has 106 valence electrons. The van der Waals surface area contributed by atoms with Crippen molar-refractivity contribution in [3.63, 3.8) is 0 Å². The lowest BCUT2D eigenvalue weighted by Crippen LogP contribution is -2.16. The number of nitrogens with zero attached hydrogens (tertiary/aromatic N) is 1. The number of para-hydroxylation sites is 1. The van der Waals surface area contributed by atoms with Crippen molar-refractivity contribution in [1.29, 1.82) is 5.26 Å². The molecule has 0 aliphatic rings. The molecule has 0 fully saturated rings. The first-order valence-corrected chi connectivity index (χ1v) is 6.35. The molecular formula is C16H15N3O2. The Balaban J connectivity index is 2.16. The molecule has 2 aromatic carbocycles. The Bertz CT molecular complexity index is 688. The summed E-state index contributed by atoms with van der Waals surface area (Å²) in [5, 5.41) is 11.8. The molecule has 2 rings (SSSR count). The molecule has 5 heteroatoms. The summed E-state index contributed by atoms with van der Waals surface area (Å²) in [4.78, 5) is 12.1. The van der Waals surface area contributed by atoms with E-state index in [1.807, 2.05) is 6.07 Å². The van der Waals surface area contributed by atoms with E-state index in [1.165, 1.54) is 7.11 Å². The van der Waals surface area contributed by atoms with Crippen molar-refractivity contribution in [2.75, 3.05) is 18.2 Å². The number of hydrogen-bond acceptors (Lipinski definition) is 4. The van der Waals surface area contributed by atoms with Gasteiger partial charge in [-0.3, -0.25) is 4.79 Å². The van der Waals surface area contributed by atoms with Crippen LogP contribution in [0, 0.1) is 11.3 Å². The number of nitrogen functional groups attached to an aromatic ring is 1. The largest absolute Gasteiger partial charge is 0.495 e. The van der Waals surface area contributed by atoms with Crippen molar-refractivity contribution >= 4 is 17.3 Å². The Morgan fingerprint density at radius 3 is 2.62 bits per heavy atom. The average molecular weight is 281 g/mol. The van der Waals surface area contributed by atoms with E-state index in [1.54, 1.807) is 42.5 Å². The number of nitrogens with two attached hydrogens (primary N) is 1. The van der Waals surface area contributed by atoms with Crippen LogP contribution in [-0.4, -0.2) is 13.0 Å². The monoisotopic (exact) mass is 281 g/mol. The first kappa shape index (κ1) is 14.4. The fourth-order valence-electron chi connectivity index (χ4n) is 1.93. The SMILES string of the molecule is COc1cccc(C#N)c1NC(=O)Cc1ccc(N)cc1. The zero-order chi connectivity index (χ0) is 15.2. The maximum absolute atomic E-state index is 12.1.